The number of aliphatic hydroxyl groups is 1. The van der Waals surface area contributed by atoms with Crippen molar-refractivity contribution < 1.29 is 5.11 Å². The molecule has 0 rings (SSSR count). The highest BCUT2D eigenvalue weighted by Crippen LogP contribution is 2.13. The first kappa shape index (κ1) is 15.9. The lowest BCUT2D eigenvalue weighted by Gasteiger charge is -2.29. The summed E-state index contributed by atoms with van der Waals surface area (Å²) in [5, 5.41) is 13.6. The Morgan fingerprint density at radius 3 is 2.00 bits per heavy atom. The summed E-state index contributed by atoms with van der Waals surface area (Å²) < 4.78 is 0. The Morgan fingerprint density at radius 2 is 1.62 bits per heavy atom. The SMILES string of the molecule is CCN(CC)CC(C)NCC(O)(CC)CC. The highest BCUT2D eigenvalue weighted by molar-refractivity contribution is 4.80. The number of nitrogens with one attached hydrogen (secondary N) is 1. The van der Waals surface area contributed by atoms with Crippen LogP contribution in [0.5, 0.6) is 0 Å². The van der Waals surface area contributed by atoms with E-state index in [1.54, 1.807) is 0 Å². The number of rotatable bonds is 9. The molecule has 2 N–H and O–H groups in total. The zero-order valence-electron chi connectivity index (χ0n) is 11.7. The topological polar surface area (TPSA) is 35.5 Å². The molecule has 0 aliphatic heterocycles. The van der Waals surface area contributed by atoms with Crippen molar-refractivity contribution in [2.24, 2.45) is 0 Å². The monoisotopic (exact) mass is 230 g/mol. The lowest BCUT2D eigenvalue weighted by Crippen LogP contribution is -2.46. The minimum atomic E-state index is -0.530. The molecule has 0 heterocycles. The fourth-order valence-corrected chi connectivity index (χ4v) is 1.80. The maximum Gasteiger partial charge on any atom is 0.0766 e. The number of hydrogen-bond donors (Lipinski definition) is 2. The Bertz CT molecular complexity index is 165. The maximum absolute atomic E-state index is 10.2. The van der Waals surface area contributed by atoms with Gasteiger partial charge in [0.05, 0.1) is 5.60 Å². The van der Waals surface area contributed by atoms with Crippen molar-refractivity contribution in [1.82, 2.24) is 10.2 Å². The van der Waals surface area contributed by atoms with Crippen molar-refractivity contribution in [3.63, 3.8) is 0 Å². The first-order chi connectivity index (χ1) is 7.51. The molecule has 1 unspecified atom stereocenters. The van der Waals surface area contributed by atoms with Gasteiger partial charge in [0.15, 0.2) is 0 Å². The van der Waals surface area contributed by atoms with Gasteiger partial charge in [-0.05, 0) is 32.9 Å². The van der Waals surface area contributed by atoms with Gasteiger partial charge in [-0.15, -0.1) is 0 Å². The Balaban J connectivity index is 3.92. The van der Waals surface area contributed by atoms with Gasteiger partial charge in [-0.2, -0.15) is 0 Å². The smallest absolute Gasteiger partial charge is 0.0766 e. The van der Waals surface area contributed by atoms with E-state index >= 15 is 0 Å². The molecule has 3 heteroatoms. The molecule has 0 saturated heterocycles. The zero-order chi connectivity index (χ0) is 12.6. The van der Waals surface area contributed by atoms with Crippen LogP contribution in [0.15, 0.2) is 0 Å². The molecule has 0 amide bonds. The van der Waals surface area contributed by atoms with E-state index < -0.39 is 5.60 Å². The molecule has 3 nitrogen and oxygen atoms in total. The second-order valence-electron chi connectivity index (χ2n) is 4.70. The normalized spacial score (nSPS) is 14.4. The zero-order valence-corrected chi connectivity index (χ0v) is 11.7. The Hall–Kier alpha value is -0.120. The Labute approximate surface area is 101 Å². The maximum atomic E-state index is 10.2. The van der Waals surface area contributed by atoms with Gasteiger partial charge in [-0.3, -0.25) is 0 Å². The molecule has 0 aromatic carbocycles. The van der Waals surface area contributed by atoms with Crippen molar-refractivity contribution >= 4 is 0 Å². The number of nitrogens with zero attached hydrogens (tertiary/aromatic N) is 1. The quantitative estimate of drug-likeness (QED) is 0.634. The van der Waals surface area contributed by atoms with Crippen molar-refractivity contribution in [1.29, 1.82) is 0 Å². The van der Waals surface area contributed by atoms with Crippen LogP contribution in [0, 0.1) is 0 Å². The van der Waals surface area contributed by atoms with Gasteiger partial charge in [0.25, 0.3) is 0 Å². The van der Waals surface area contributed by atoms with Crippen LogP contribution in [0.2, 0.25) is 0 Å². The van der Waals surface area contributed by atoms with Crippen molar-refractivity contribution in [2.75, 3.05) is 26.2 Å². The van der Waals surface area contributed by atoms with E-state index in [1.165, 1.54) is 0 Å². The summed E-state index contributed by atoms with van der Waals surface area (Å²) in [5.41, 5.74) is -0.530. The molecule has 0 spiro atoms. The van der Waals surface area contributed by atoms with Crippen LogP contribution in [0.4, 0.5) is 0 Å². The van der Waals surface area contributed by atoms with Crippen LogP contribution in [0.25, 0.3) is 0 Å². The average molecular weight is 230 g/mol. The van der Waals surface area contributed by atoms with Crippen molar-refractivity contribution in [3.05, 3.63) is 0 Å². The number of hydrogen-bond acceptors (Lipinski definition) is 3. The van der Waals surface area contributed by atoms with Crippen LogP contribution in [0.3, 0.4) is 0 Å². The summed E-state index contributed by atoms with van der Waals surface area (Å²) in [7, 11) is 0. The molecular weight excluding hydrogens is 200 g/mol. The van der Waals surface area contributed by atoms with Gasteiger partial charge in [-0.1, -0.05) is 27.7 Å². The third-order valence-corrected chi connectivity index (χ3v) is 3.52. The van der Waals surface area contributed by atoms with E-state index in [2.05, 4.69) is 31.0 Å². The lowest BCUT2D eigenvalue weighted by molar-refractivity contribution is 0.0293. The van der Waals surface area contributed by atoms with E-state index in [0.29, 0.717) is 12.6 Å². The lowest BCUT2D eigenvalue weighted by atomic mass is 9.97. The van der Waals surface area contributed by atoms with Crippen molar-refractivity contribution in [3.8, 4) is 0 Å². The van der Waals surface area contributed by atoms with Gasteiger partial charge >= 0.3 is 0 Å². The fourth-order valence-electron chi connectivity index (χ4n) is 1.80. The van der Waals surface area contributed by atoms with Gasteiger partial charge in [0, 0.05) is 19.1 Å². The summed E-state index contributed by atoms with van der Waals surface area (Å²) >= 11 is 0. The molecule has 0 radical (unpaired) electrons. The van der Waals surface area contributed by atoms with Crippen LogP contribution in [-0.2, 0) is 0 Å². The molecular formula is C13H30N2O. The molecule has 0 saturated carbocycles. The fraction of sp³-hybridized carbons (Fsp3) is 1.00. The molecule has 0 bridgehead atoms. The molecule has 0 aromatic heterocycles. The van der Waals surface area contributed by atoms with Crippen LogP contribution < -0.4 is 5.32 Å². The third kappa shape index (κ3) is 5.83. The van der Waals surface area contributed by atoms with E-state index in [9.17, 15) is 5.11 Å². The summed E-state index contributed by atoms with van der Waals surface area (Å²) in [5.74, 6) is 0. The minimum Gasteiger partial charge on any atom is -0.389 e. The second-order valence-corrected chi connectivity index (χ2v) is 4.70. The number of likely N-dealkylation sites (N-methyl/N-ethyl adjacent to an activating group) is 1. The molecule has 0 aliphatic carbocycles. The summed E-state index contributed by atoms with van der Waals surface area (Å²) in [6.45, 7) is 14.6. The predicted octanol–water partition coefficient (Wildman–Crippen LogP) is 1.86. The Kier molecular flexibility index (Phi) is 7.98. The van der Waals surface area contributed by atoms with E-state index in [-0.39, 0.29) is 0 Å². The van der Waals surface area contributed by atoms with Gasteiger partial charge in [0.2, 0.25) is 0 Å². The molecule has 0 aliphatic rings. The summed E-state index contributed by atoms with van der Waals surface area (Å²) in [4.78, 5) is 2.40. The van der Waals surface area contributed by atoms with Crippen molar-refractivity contribution in [2.45, 2.75) is 59.1 Å². The third-order valence-electron chi connectivity index (χ3n) is 3.52. The van der Waals surface area contributed by atoms with Crippen LogP contribution in [-0.4, -0.2) is 47.8 Å². The minimum absolute atomic E-state index is 0.435. The molecule has 98 valence electrons. The molecule has 16 heavy (non-hydrogen) atoms. The summed E-state index contributed by atoms with van der Waals surface area (Å²) in [6.07, 6.45) is 1.63. The first-order valence-electron chi connectivity index (χ1n) is 6.69. The highest BCUT2D eigenvalue weighted by Gasteiger charge is 2.22. The molecule has 0 fully saturated rings. The molecule has 0 aromatic rings. The Morgan fingerprint density at radius 1 is 1.12 bits per heavy atom. The van der Waals surface area contributed by atoms with Crippen LogP contribution in [0.1, 0.15) is 47.5 Å². The highest BCUT2D eigenvalue weighted by atomic mass is 16.3. The van der Waals surface area contributed by atoms with E-state index in [1.807, 2.05) is 13.8 Å². The second kappa shape index (κ2) is 8.04. The summed E-state index contributed by atoms with van der Waals surface area (Å²) in [6, 6.07) is 0.435. The molecule has 1 atom stereocenters. The van der Waals surface area contributed by atoms with Gasteiger partial charge in [0.1, 0.15) is 0 Å². The largest absolute Gasteiger partial charge is 0.389 e. The van der Waals surface area contributed by atoms with Gasteiger partial charge < -0.3 is 15.3 Å². The van der Waals surface area contributed by atoms with Gasteiger partial charge in [-0.25, -0.2) is 0 Å². The predicted molar refractivity (Wildman–Crippen MR) is 70.8 cm³/mol. The average Bonchev–Trinajstić information content (AvgIpc) is 2.33. The standard InChI is InChI=1S/C13H30N2O/c1-6-13(16,7-2)11-14-12(5)10-15(8-3)9-4/h12,14,16H,6-11H2,1-5H3. The van der Waals surface area contributed by atoms with E-state index in [0.717, 1.165) is 32.5 Å². The first-order valence-corrected chi connectivity index (χ1v) is 6.69. The van der Waals surface area contributed by atoms with Crippen LogP contribution >= 0.6 is 0 Å². The van der Waals surface area contributed by atoms with E-state index in [4.69, 9.17) is 0 Å².